The SMILES string of the molecule is Cc1nc2sc(C(c3ccc(F)cc3)N3CCCCC3c3cccnc3)c(O)n2n1. The molecular weight excluding hydrogens is 401 g/mol. The van der Waals surface area contributed by atoms with Crippen LogP contribution < -0.4 is 0 Å². The Morgan fingerprint density at radius 1 is 1.20 bits per heavy atom. The molecule has 0 amide bonds. The molecule has 2 atom stereocenters. The lowest BCUT2D eigenvalue weighted by Gasteiger charge is -2.41. The van der Waals surface area contributed by atoms with Crippen molar-refractivity contribution < 1.29 is 9.50 Å². The number of hydrogen-bond acceptors (Lipinski definition) is 6. The second-order valence-corrected chi connectivity index (χ2v) is 8.64. The maximum absolute atomic E-state index is 13.7. The second-order valence-electron chi connectivity index (χ2n) is 7.63. The van der Waals surface area contributed by atoms with Crippen molar-refractivity contribution in [3.63, 3.8) is 0 Å². The van der Waals surface area contributed by atoms with Crippen LogP contribution in [0, 0.1) is 12.7 Å². The quantitative estimate of drug-likeness (QED) is 0.517. The molecule has 0 bridgehead atoms. The molecule has 1 aromatic carbocycles. The third kappa shape index (κ3) is 3.36. The van der Waals surface area contributed by atoms with Crippen molar-refractivity contribution in [3.8, 4) is 5.88 Å². The van der Waals surface area contributed by atoms with E-state index in [1.807, 2.05) is 12.3 Å². The second kappa shape index (κ2) is 7.77. The van der Waals surface area contributed by atoms with Gasteiger partial charge >= 0.3 is 0 Å². The number of nitrogens with zero attached hydrogens (tertiary/aromatic N) is 5. The molecule has 6 nitrogen and oxygen atoms in total. The van der Waals surface area contributed by atoms with Crippen LogP contribution in [0.2, 0.25) is 0 Å². The number of halogens is 1. The summed E-state index contributed by atoms with van der Waals surface area (Å²) < 4.78 is 15.2. The summed E-state index contributed by atoms with van der Waals surface area (Å²) >= 11 is 1.43. The predicted molar refractivity (Wildman–Crippen MR) is 113 cm³/mol. The van der Waals surface area contributed by atoms with Crippen LogP contribution in [-0.2, 0) is 0 Å². The van der Waals surface area contributed by atoms with E-state index in [2.05, 4.69) is 26.0 Å². The van der Waals surface area contributed by atoms with Gasteiger partial charge in [-0.05, 0) is 55.6 Å². The lowest BCUT2D eigenvalue weighted by atomic mass is 9.92. The zero-order chi connectivity index (χ0) is 20.7. The van der Waals surface area contributed by atoms with Gasteiger partial charge in [0.2, 0.25) is 10.8 Å². The number of aromatic nitrogens is 4. The minimum absolute atomic E-state index is 0.0976. The van der Waals surface area contributed by atoms with Crippen LogP contribution in [0.5, 0.6) is 5.88 Å². The fourth-order valence-electron chi connectivity index (χ4n) is 4.36. The smallest absolute Gasteiger partial charge is 0.230 e. The molecule has 1 N–H and O–H groups in total. The Hall–Kier alpha value is -2.84. The van der Waals surface area contributed by atoms with Crippen LogP contribution >= 0.6 is 11.3 Å². The Kier molecular flexibility index (Phi) is 4.96. The van der Waals surface area contributed by atoms with Crippen LogP contribution in [0.3, 0.4) is 0 Å². The van der Waals surface area contributed by atoms with Gasteiger partial charge in [-0.3, -0.25) is 9.88 Å². The van der Waals surface area contributed by atoms with Gasteiger partial charge in [-0.1, -0.05) is 36.0 Å². The van der Waals surface area contributed by atoms with E-state index in [0.29, 0.717) is 10.8 Å². The van der Waals surface area contributed by atoms with Crippen LogP contribution in [0.25, 0.3) is 4.96 Å². The number of aryl methyl sites for hydroxylation is 1. The largest absolute Gasteiger partial charge is 0.492 e. The Bertz CT molecular complexity index is 1160. The van der Waals surface area contributed by atoms with E-state index in [-0.39, 0.29) is 23.8 Å². The van der Waals surface area contributed by atoms with Crippen molar-refractivity contribution in [1.82, 2.24) is 24.5 Å². The van der Waals surface area contributed by atoms with Crippen LogP contribution in [0.1, 0.15) is 53.2 Å². The van der Waals surface area contributed by atoms with E-state index in [0.717, 1.165) is 41.8 Å². The first-order valence-corrected chi connectivity index (χ1v) is 10.9. The first kappa shape index (κ1) is 19.1. The summed E-state index contributed by atoms with van der Waals surface area (Å²) in [4.78, 5) is 12.6. The highest BCUT2D eigenvalue weighted by Gasteiger charge is 2.35. The molecule has 0 spiro atoms. The van der Waals surface area contributed by atoms with E-state index in [1.54, 1.807) is 25.3 Å². The molecule has 1 fully saturated rings. The predicted octanol–water partition coefficient (Wildman–Crippen LogP) is 4.66. The van der Waals surface area contributed by atoms with Crippen molar-refractivity contribution in [2.45, 2.75) is 38.3 Å². The summed E-state index contributed by atoms with van der Waals surface area (Å²) in [7, 11) is 0. The molecule has 0 radical (unpaired) electrons. The number of pyridine rings is 1. The minimum atomic E-state index is -0.276. The highest BCUT2D eigenvalue weighted by atomic mass is 32.1. The van der Waals surface area contributed by atoms with E-state index >= 15 is 0 Å². The minimum Gasteiger partial charge on any atom is -0.492 e. The van der Waals surface area contributed by atoms with Gasteiger partial charge in [-0.15, -0.1) is 5.10 Å². The van der Waals surface area contributed by atoms with E-state index in [4.69, 9.17) is 0 Å². The first-order chi connectivity index (χ1) is 14.6. The maximum atomic E-state index is 13.7. The van der Waals surface area contributed by atoms with Gasteiger partial charge in [0.05, 0.1) is 10.9 Å². The number of thiazole rings is 1. The number of piperidine rings is 1. The first-order valence-electron chi connectivity index (χ1n) is 10.1. The zero-order valence-corrected chi connectivity index (χ0v) is 17.4. The molecular formula is C22H22FN5OS. The van der Waals surface area contributed by atoms with Gasteiger partial charge < -0.3 is 5.11 Å². The normalized spacial score (nSPS) is 18.7. The summed E-state index contributed by atoms with van der Waals surface area (Å²) in [5.74, 6) is 0.440. The van der Waals surface area contributed by atoms with E-state index in [1.165, 1.54) is 28.0 Å². The van der Waals surface area contributed by atoms with Crippen molar-refractivity contribution in [3.05, 3.63) is 76.4 Å². The average Bonchev–Trinajstić information content (AvgIpc) is 3.28. The molecule has 3 aromatic heterocycles. The molecule has 5 rings (SSSR count). The molecule has 154 valence electrons. The highest BCUT2D eigenvalue weighted by molar-refractivity contribution is 7.17. The molecule has 2 unspecified atom stereocenters. The van der Waals surface area contributed by atoms with Crippen molar-refractivity contribution in [2.75, 3.05) is 6.54 Å². The number of aromatic hydroxyl groups is 1. The number of rotatable bonds is 4. The topological polar surface area (TPSA) is 66.5 Å². The monoisotopic (exact) mass is 423 g/mol. The third-order valence-corrected chi connectivity index (χ3v) is 6.76. The van der Waals surface area contributed by atoms with Crippen molar-refractivity contribution >= 4 is 16.3 Å². The number of fused-ring (bicyclic) bond motifs is 1. The summed E-state index contributed by atoms with van der Waals surface area (Å²) in [6, 6.07) is 10.5. The highest BCUT2D eigenvalue weighted by Crippen LogP contribution is 2.45. The molecule has 4 heterocycles. The summed E-state index contributed by atoms with van der Waals surface area (Å²) in [5.41, 5.74) is 2.09. The Morgan fingerprint density at radius 3 is 2.77 bits per heavy atom. The summed E-state index contributed by atoms with van der Waals surface area (Å²) in [5, 5.41) is 15.4. The molecule has 30 heavy (non-hydrogen) atoms. The molecule has 1 saturated heterocycles. The van der Waals surface area contributed by atoms with Gasteiger partial charge in [0.15, 0.2) is 0 Å². The fraction of sp³-hybridized carbons (Fsp3) is 0.318. The number of likely N-dealkylation sites (tertiary alicyclic amines) is 1. The molecule has 0 saturated carbocycles. The van der Waals surface area contributed by atoms with E-state index in [9.17, 15) is 9.50 Å². The van der Waals surface area contributed by atoms with Crippen molar-refractivity contribution in [2.24, 2.45) is 0 Å². The number of hydrogen-bond donors (Lipinski definition) is 1. The van der Waals surface area contributed by atoms with Gasteiger partial charge in [0, 0.05) is 18.4 Å². The Labute approximate surface area is 177 Å². The van der Waals surface area contributed by atoms with Gasteiger partial charge in [-0.25, -0.2) is 9.37 Å². The van der Waals surface area contributed by atoms with Gasteiger partial charge in [0.25, 0.3) is 0 Å². The molecule has 1 aliphatic heterocycles. The number of benzene rings is 1. The summed E-state index contributed by atoms with van der Waals surface area (Å²) in [6.07, 6.45) is 6.89. The lowest BCUT2D eigenvalue weighted by molar-refractivity contribution is 0.113. The summed E-state index contributed by atoms with van der Waals surface area (Å²) in [6.45, 7) is 2.67. The van der Waals surface area contributed by atoms with Gasteiger partial charge in [0.1, 0.15) is 11.6 Å². The molecule has 8 heteroatoms. The van der Waals surface area contributed by atoms with Crippen LogP contribution in [0.15, 0.2) is 48.8 Å². The zero-order valence-electron chi connectivity index (χ0n) is 16.6. The van der Waals surface area contributed by atoms with Crippen molar-refractivity contribution in [1.29, 1.82) is 0 Å². The average molecular weight is 424 g/mol. The molecule has 0 aliphatic carbocycles. The van der Waals surface area contributed by atoms with Crippen LogP contribution in [0.4, 0.5) is 4.39 Å². The third-order valence-electron chi connectivity index (χ3n) is 5.68. The Balaban J connectivity index is 1.65. The van der Waals surface area contributed by atoms with Gasteiger partial charge in [-0.2, -0.15) is 4.52 Å². The Morgan fingerprint density at radius 2 is 2.03 bits per heavy atom. The standard InChI is InChI=1S/C22H22FN5OS/c1-14-25-22-28(26-14)21(29)20(30-22)19(15-7-9-17(23)10-8-15)27-12-3-2-6-18(27)16-5-4-11-24-13-16/h4-5,7-11,13,18-19,29H,2-3,6,12H2,1H3. The maximum Gasteiger partial charge on any atom is 0.230 e. The van der Waals surface area contributed by atoms with Crippen LogP contribution in [-0.4, -0.2) is 36.1 Å². The molecule has 4 aromatic rings. The van der Waals surface area contributed by atoms with E-state index < -0.39 is 0 Å². The lowest BCUT2D eigenvalue weighted by Crippen LogP contribution is -2.37. The molecule has 1 aliphatic rings. The fourth-order valence-corrected chi connectivity index (χ4v) is 5.51.